The molecule has 0 saturated carbocycles. The summed E-state index contributed by atoms with van der Waals surface area (Å²) < 4.78 is 50.2. The third-order valence-electron chi connectivity index (χ3n) is 2.94. The molecule has 110 valence electrons. The van der Waals surface area contributed by atoms with Gasteiger partial charge in [-0.05, 0) is 17.7 Å². The molecule has 0 saturated heterocycles. The van der Waals surface area contributed by atoms with Crippen LogP contribution in [0.15, 0.2) is 48.5 Å². The van der Waals surface area contributed by atoms with Gasteiger partial charge in [0, 0.05) is 11.1 Å². The fourth-order valence-electron chi connectivity index (χ4n) is 1.83. The minimum absolute atomic E-state index is 0.0115. The first-order valence-electron chi connectivity index (χ1n) is 5.98. The molecule has 0 heterocycles. The van der Waals surface area contributed by atoms with Crippen LogP contribution in [0.1, 0.15) is 22.8 Å². The average Bonchev–Trinajstić information content (AvgIpc) is 2.45. The van der Waals surface area contributed by atoms with Crippen molar-refractivity contribution < 1.29 is 22.7 Å². The predicted octanol–water partition coefficient (Wildman–Crippen LogP) is 3.84. The summed E-state index contributed by atoms with van der Waals surface area (Å²) in [5.41, 5.74) is 0.332. The van der Waals surface area contributed by atoms with Crippen LogP contribution >= 0.6 is 0 Å². The second-order valence-electron chi connectivity index (χ2n) is 4.45. The van der Waals surface area contributed by atoms with Gasteiger partial charge in [0.15, 0.2) is 6.10 Å². The summed E-state index contributed by atoms with van der Waals surface area (Å²) >= 11 is 0. The molecule has 21 heavy (non-hydrogen) atoms. The summed E-state index contributed by atoms with van der Waals surface area (Å²) in [5, 5.41) is 17.0. The molecule has 0 aliphatic rings. The number of alkyl halides is 3. The van der Waals surface area contributed by atoms with E-state index in [0.717, 1.165) is 12.1 Å². The van der Waals surface area contributed by atoms with Gasteiger partial charge >= 0.3 is 6.18 Å². The molecule has 6 heteroatoms. The maximum atomic E-state index is 13.1. The first kappa shape index (κ1) is 15.2. The zero-order valence-corrected chi connectivity index (χ0v) is 10.7. The van der Waals surface area contributed by atoms with E-state index in [0.29, 0.717) is 11.1 Å². The fourth-order valence-corrected chi connectivity index (χ4v) is 1.83. The molecule has 0 aliphatic carbocycles. The largest absolute Gasteiger partial charge is 0.418 e. The first-order chi connectivity index (χ1) is 9.79. The van der Waals surface area contributed by atoms with Crippen LogP contribution in [0.5, 0.6) is 0 Å². The van der Waals surface area contributed by atoms with Crippen molar-refractivity contribution in [1.29, 1.82) is 5.41 Å². The summed E-state index contributed by atoms with van der Waals surface area (Å²) in [6.07, 6.45) is -7.30. The molecule has 1 atom stereocenters. The molecule has 0 aromatic heterocycles. The number of nitrogens with one attached hydrogen (secondary N) is 1. The predicted molar refractivity (Wildman–Crippen MR) is 69.8 cm³/mol. The topological polar surface area (TPSA) is 44.1 Å². The van der Waals surface area contributed by atoms with E-state index in [1.165, 1.54) is 36.4 Å². The summed E-state index contributed by atoms with van der Waals surface area (Å²) in [5.74, 6) is -0.499. The molecule has 2 nitrogen and oxygen atoms in total. The third kappa shape index (κ3) is 3.46. The molecule has 2 rings (SSSR count). The maximum absolute atomic E-state index is 13.1. The standard InChI is InChI=1S/C15H11F4NO/c16-12-3-1-2-11(8-12)13(20)9-4-6-10(7-5-9)14(21)15(17,18)19/h1-8,14,20-21H. The zero-order valence-electron chi connectivity index (χ0n) is 10.7. The second kappa shape index (κ2) is 5.65. The Labute approximate surface area is 118 Å². The Kier molecular flexibility index (Phi) is 4.09. The Bertz CT molecular complexity index is 649. The first-order valence-corrected chi connectivity index (χ1v) is 5.98. The van der Waals surface area contributed by atoms with Gasteiger partial charge in [-0.15, -0.1) is 0 Å². The monoisotopic (exact) mass is 297 g/mol. The maximum Gasteiger partial charge on any atom is 0.418 e. The van der Waals surface area contributed by atoms with Crippen molar-refractivity contribution in [3.8, 4) is 0 Å². The van der Waals surface area contributed by atoms with Crippen molar-refractivity contribution >= 4 is 5.71 Å². The average molecular weight is 297 g/mol. The summed E-state index contributed by atoms with van der Waals surface area (Å²) in [6.45, 7) is 0. The SMILES string of the molecule is N=C(c1ccc(C(O)C(F)(F)F)cc1)c1cccc(F)c1. The van der Waals surface area contributed by atoms with Gasteiger partial charge in [-0.25, -0.2) is 4.39 Å². The highest BCUT2D eigenvalue weighted by molar-refractivity contribution is 6.10. The van der Waals surface area contributed by atoms with E-state index in [1.54, 1.807) is 0 Å². The Morgan fingerprint density at radius 2 is 1.62 bits per heavy atom. The summed E-state index contributed by atoms with van der Waals surface area (Å²) in [7, 11) is 0. The van der Waals surface area contributed by atoms with Crippen LogP contribution < -0.4 is 0 Å². The quantitative estimate of drug-likeness (QED) is 0.656. The van der Waals surface area contributed by atoms with Crippen LogP contribution in [0, 0.1) is 11.2 Å². The van der Waals surface area contributed by atoms with Gasteiger partial charge in [0.2, 0.25) is 0 Å². The molecule has 0 fully saturated rings. The van der Waals surface area contributed by atoms with Crippen molar-refractivity contribution in [2.75, 3.05) is 0 Å². The van der Waals surface area contributed by atoms with Crippen LogP contribution in [-0.4, -0.2) is 17.0 Å². The molecule has 0 bridgehead atoms. The lowest BCUT2D eigenvalue weighted by Gasteiger charge is -2.15. The number of halogens is 4. The van der Waals surface area contributed by atoms with E-state index in [2.05, 4.69) is 0 Å². The van der Waals surface area contributed by atoms with E-state index in [9.17, 15) is 17.6 Å². The molecule has 0 radical (unpaired) electrons. The number of hydrogen-bond acceptors (Lipinski definition) is 2. The van der Waals surface area contributed by atoms with E-state index in [-0.39, 0.29) is 11.3 Å². The number of benzene rings is 2. The smallest absolute Gasteiger partial charge is 0.379 e. The van der Waals surface area contributed by atoms with Crippen LogP contribution in [0.25, 0.3) is 0 Å². The number of rotatable bonds is 3. The Hall–Kier alpha value is -2.21. The number of aliphatic hydroxyl groups is 1. The van der Waals surface area contributed by atoms with Gasteiger partial charge in [0.1, 0.15) is 5.82 Å². The van der Waals surface area contributed by atoms with Gasteiger partial charge < -0.3 is 5.11 Å². The van der Waals surface area contributed by atoms with E-state index >= 15 is 0 Å². The van der Waals surface area contributed by atoms with Gasteiger partial charge in [-0.3, -0.25) is 5.41 Å². The lowest BCUT2D eigenvalue weighted by atomic mass is 9.99. The lowest BCUT2D eigenvalue weighted by molar-refractivity contribution is -0.206. The van der Waals surface area contributed by atoms with Crippen molar-refractivity contribution in [3.63, 3.8) is 0 Å². The lowest BCUT2D eigenvalue weighted by Crippen LogP contribution is -2.20. The minimum atomic E-state index is -4.74. The van der Waals surface area contributed by atoms with Crippen molar-refractivity contribution in [3.05, 3.63) is 71.0 Å². The highest BCUT2D eigenvalue weighted by Gasteiger charge is 2.39. The van der Waals surface area contributed by atoms with Crippen LogP contribution in [-0.2, 0) is 0 Å². The van der Waals surface area contributed by atoms with E-state index < -0.39 is 18.1 Å². The Morgan fingerprint density at radius 3 is 2.14 bits per heavy atom. The minimum Gasteiger partial charge on any atom is -0.379 e. The van der Waals surface area contributed by atoms with Crippen molar-refractivity contribution in [1.82, 2.24) is 0 Å². The molecular weight excluding hydrogens is 286 g/mol. The Morgan fingerprint density at radius 1 is 1.00 bits per heavy atom. The molecule has 2 aromatic carbocycles. The van der Waals surface area contributed by atoms with Crippen LogP contribution in [0.4, 0.5) is 17.6 Å². The highest BCUT2D eigenvalue weighted by Crippen LogP contribution is 2.32. The van der Waals surface area contributed by atoms with Gasteiger partial charge in [-0.1, -0.05) is 36.4 Å². The molecule has 0 amide bonds. The zero-order chi connectivity index (χ0) is 15.6. The van der Waals surface area contributed by atoms with Gasteiger partial charge in [-0.2, -0.15) is 13.2 Å². The molecular formula is C15H11F4NO. The van der Waals surface area contributed by atoms with E-state index in [1.807, 2.05) is 0 Å². The molecule has 0 spiro atoms. The van der Waals surface area contributed by atoms with E-state index in [4.69, 9.17) is 10.5 Å². The number of hydrogen-bond donors (Lipinski definition) is 2. The Balaban J connectivity index is 2.25. The molecule has 1 unspecified atom stereocenters. The third-order valence-corrected chi connectivity index (χ3v) is 2.94. The summed E-state index contributed by atoms with van der Waals surface area (Å²) in [6, 6.07) is 10.2. The molecule has 0 aliphatic heterocycles. The van der Waals surface area contributed by atoms with Gasteiger partial charge in [0.25, 0.3) is 0 Å². The molecule has 2 N–H and O–H groups in total. The fraction of sp³-hybridized carbons (Fsp3) is 0.133. The van der Waals surface area contributed by atoms with Crippen LogP contribution in [0.3, 0.4) is 0 Å². The summed E-state index contributed by atoms with van der Waals surface area (Å²) in [4.78, 5) is 0. The normalized spacial score (nSPS) is 13.0. The van der Waals surface area contributed by atoms with Crippen molar-refractivity contribution in [2.24, 2.45) is 0 Å². The highest BCUT2D eigenvalue weighted by atomic mass is 19.4. The van der Waals surface area contributed by atoms with Crippen molar-refractivity contribution in [2.45, 2.75) is 12.3 Å². The second-order valence-corrected chi connectivity index (χ2v) is 4.45. The number of aliphatic hydroxyl groups excluding tert-OH is 1. The van der Waals surface area contributed by atoms with Crippen LogP contribution in [0.2, 0.25) is 0 Å². The molecule has 2 aromatic rings. The van der Waals surface area contributed by atoms with Gasteiger partial charge in [0.05, 0.1) is 5.71 Å².